The molecular weight excluding hydrogens is 518 g/mol. The Labute approximate surface area is 233 Å². The summed E-state index contributed by atoms with van der Waals surface area (Å²) >= 11 is 0. The number of hydrogen-bond acceptors (Lipinski definition) is 8. The lowest BCUT2D eigenvalue weighted by Gasteiger charge is -2.46. The molecule has 3 amide bonds. The van der Waals surface area contributed by atoms with Crippen molar-refractivity contribution in [2.24, 2.45) is 0 Å². The minimum atomic E-state index is -2.45. The number of morpholine rings is 1. The Balaban J connectivity index is 1.58. The molecule has 2 aliphatic rings. The molecule has 2 heterocycles. The number of hydrogen-bond donors (Lipinski definition) is 4. The molecule has 0 aromatic heterocycles. The molecule has 214 valence electrons. The van der Waals surface area contributed by atoms with Crippen molar-refractivity contribution in [3.63, 3.8) is 0 Å². The highest BCUT2D eigenvalue weighted by atomic mass is 19.1. The van der Waals surface area contributed by atoms with Gasteiger partial charge in [0.25, 0.3) is 5.91 Å². The van der Waals surface area contributed by atoms with Crippen LogP contribution in [-0.4, -0.2) is 77.1 Å². The predicted octanol–water partition coefficient (Wildman–Crippen LogP) is 0.675. The Morgan fingerprint density at radius 3 is 2.52 bits per heavy atom. The highest BCUT2D eigenvalue weighted by molar-refractivity contribution is 6.16. The molecule has 0 spiro atoms. The van der Waals surface area contributed by atoms with E-state index >= 15 is 4.39 Å². The monoisotopic (exact) mass is 554 g/mol. The first-order valence-corrected chi connectivity index (χ1v) is 13.4. The number of aryl methyl sites for hydroxylation is 1. The molecule has 0 aliphatic carbocycles. The normalized spacial score (nSPS) is 25.1. The van der Waals surface area contributed by atoms with Gasteiger partial charge >= 0.3 is 0 Å². The Morgan fingerprint density at radius 1 is 1.23 bits per heavy atom. The van der Waals surface area contributed by atoms with Gasteiger partial charge in [-0.3, -0.25) is 29.5 Å². The van der Waals surface area contributed by atoms with Crippen LogP contribution in [0.3, 0.4) is 0 Å². The van der Waals surface area contributed by atoms with E-state index in [9.17, 15) is 24.6 Å². The molecule has 2 fully saturated rings. The third kappa shape index (κ3) is 5.90. The van der Waals surface area contributed by atoms with Crippen LogP contribution >= 0.6 is 0 Å². The lowest BCUT2D eigenvalue weighted by molar-refractivity contribution is -0.206. The lowest BCUT2D eigenvalue weighted by atomic mass is 9.77. The van der Waals surface area contributed by atoms with Crippen molar-refractivity contribution in [2.45, 2.75) is 70.3 Å². The van der Waals surface area contributed by atoms with Crippen LogP contribution in [0.5, 0.6) is 0 Å². The summed E-state index contributed by atoms with van der Waals surface area (Å²) in [5.41, 5.74) is -2.50. The summed E-state index contributed by atoms with van der Waals surface area (Å²) < 4.78 is 21.4. The largest absolute Gasteiger partial charge is 0.381 e. The molecule has 2 aliphatic heterocycles. The zero-order valence-corrected chi connectivity index (χ0v) is 23.2. The summed E-state index contributed by atoms with van der Waals surface area (Å²) in [5, 5.41) is 28.0. The van der Waals surface area contributed by atoms with Crippen LogP contribution in [0.2, 0.25) is 0 Å². The van der Waals surface area contributed by atoms with E-state index in [4.69, 9.17) is 4.74 Å². The van der Waals surface area contributed by atoms with Crippen molar-refractivity contribution < 1.29 is 33.7 Å². The Hall–Kier alpha value is -3.32. The van der Waals surface area contributed by atoms with E-state index < -0.39 is 23.2 Å². The number of ether oxygens (including phenoxy) is 1. The van der Waals surface area contributed by atoms with Crippen LogP contribution in [-0.2, 0) is 37.8 Å². The van der Waals surface area contributed by atoms with Crippen LogP contribution in [0.15, 0.2) is 36.4 Å². The van der Waals surface area contributed by atoms with Crippen LogP contribution in [0, 0.1) is 12.7 Å². The molecule has 2 aromatic rings. The van der Waals surface area contributed by atoms with Gasteiger partial charge in [0.05, 0.1) is 12.2 Å². The second-order valence-electron chi connectivity index (χ2n) is 10.9. The molecule has 2 saturated heterocycles. The molecule has 4 N–H and O–H groups in total. The standard InChI is InChI=1S/C28H36BFN4O6/c1-17-6-4-9-22(24(17)28(29,39)34(16-35)27(38)11-10-23(36)32-26(27)37)31-12-20-7-5-8-21(25(20)30)15-33-13-18(2)40-19(3)14-33/h4-9,16,18-19,31,38-39H,10-15,29H2,1-3H3,(H,32,36,37). The lowest BCUT2D eigenvalue weighted by Crippen LogP contribution is -2.68. The fourth-order valence-corrected chi connectivity index (χ4v) is 5.77. The van der Waals surface area contributed by atoms with Gasteiger partial charge in [-0.2, -0.15) is 0 Å². The van der Waals surface area contributed by atoms with Crippen molar-refractivity contribution in [3.8, 4) is 0 Å². The smallest absolute Gasteiger partial charge is 0.280 e. The average Bonchev–Trinajstić information content (AvgIpc) is 2.86. The molecule has 40 heavy (non-hydrogen) atoms. The maximum Gasteiger partial charge on any atom is 0.280 e. The maximum absolute atomic E-state index is 15.6. The van der Waals surface area contributed by atoms with Crippen LogP contribution in [0.25, 0.3) is 0 Å². The summed E-state index contributed by atoms with van der Waals surface area (Å²) in [4.78, 5) is 39.2. The Morgan fingerprint density at radius 2 is 1.88 bits per heavy atom. The van der Waals surface area contributed by atoms with Gasteiger partial charge in [0, 0.05) is 61.4 Å². The van der Waals surface area contributed by atoms with Gasteiger partial charge in [-0.05, 0) is 32.4 Å². The molecule has 12 heteroatoms. The molecule has 10 nitrogen and oxygen atoms in total. The zero-order valence-electron chi connectivity index (χ0n) is 23.2. The number of aliphatic hydroxyl groups is 2. The highest BCUT2D eigenvalue weighted by Crippen LogP contribution is 2.37. The minimum Gasteiger partial charge on any atom is -0.381 e. The van der Waals surface area contributed by atoms with Gasteiger partial charge in [-0.1, -0.05) is 30.3 Å². The molecular formula is C28H36BFN4O6. The van der Waals surface area contributed by atoms with Crippen LogP contribution in [0.4, 0.5) is 10.1 Å². The number of nitrogens with zero attached hydrogens (tertiary/aromatic N) is 2. The van der Waals surface area contributed by atoms with Gasteiger partial charge < -0.3 is 20.3 Å². The topological polar surface area (TPSA) is 131 Å². The fourth-order valence-electron chi connectivity index (χ4n) is 5.77. The van der Waals surface area contributed by atoms with Gasteiger partial charge in [-0.25, -0.2) is 4.39 Å². The highest BCUT2D eigenvalue weighted by Gasteiger charge is 2.52. The third-order valence-corrected chi connectivity index (χ3v) is 7.55. The van der Waals surface area contributed by atoms with Crippen molar-refractivity contribution in [1.29, 1.82) is 0 Å². The van der Waals surface area contributed by atoms with E-state index in [1.54, 1.807) is 43.3 Å². The fraction of sp³-hybridized carbons (Fsp3) is 0.464. The number of amides is 3. The molecule has 4 rings (SSSR count). The van der Waals surface area contributed by atoms with Crippen molar-refractivity contribution in [2.75, 3.05) is 18.4 Å². The van der Waals surface area contributed by atoms with E-state index in [2.05, 4.69) is 10.2 Å². The number of imide groups is 1. The van der Waals surface area contributed by atoms with E-state index in [0.717, 1.165) is 0 Å². The third-order valence-electron chi connectivity index (χ3n) is 7.55. The molecule has 4 unspecified atom stereocenters. The molecule has 0 bridgehead atoms. The number of piperidine rings is 1. The molecule has 0 radical (unpaired) electrons. The second kappa shape index (κ2) is 11.7. The van der Waals surface area contributed by atoms with Crippen LogP contribution in [0.1, 0.15) is 48.9 Å². The zero-order chi connectivity index (χ0) is 29.2. The number of halogens is 1. The van der Waals surface area contributed by atoms with Crippen LogP contribution < -0.4 is 10.6 Å². The number of rotatable bonds is 9. The first kappa shape index (κ1) is 29.7. The number of carbonyl (C=O) groups is 3. The Kier molecular flexibility index (Phi) is 8.64. The first-order valence-electron chi connectivity index (χ1n) is 13.4. The Bertz CT molecular complexity index is 1280. The summed E-state index contributed by atoms with van der Waals surface area (Å²) in [6, 6.07) is 10.3. The maximum atomic E-state index is 15.6. The van der Waals surface area contributed by atoms with E-state index in [0.29, 0.717) is 46.9 Å². The molecule has 4 atom stereocenters. The minimum absolute atomic E-state index is 0.0633. The molecule has 0 saturated carbocycles. The van der Waals surface area contributed by atoms with E-state index in [1.807, 2.05) is 19.2 Å². The number of nitrogens with one attached hydrogen (secondary N) is 2. The summed E-state index contributed by atoms with van der Waals surface area (Å²) in [5.74, 6) is -2.02. The van der Waals surface area contributed by atoms with Gasteiger partial charge in [0.2, 0.25) is 18.0 Å². The van der Waals surface area contributed by atoms with E-state index in [1.165, 1.54) is 7.85 Å². The van der Waals surface area contributed by atoms with Crippen molar-refractivity contribution >= 4 is 31.8 Å². The average molecular weight is 554 g/mol. The number of carbonyl (C=O) groups excluding carboxylic acids is 3. The molecule has 2 aromatic carbocycles. The van der Waals surface area contributed by atoms with Gasteiger partial charge in [0.15, 0.2) is 7.85 Å². The van der Waals surface area contributed by atoms with Crippen molar-refractivity contribution in [3.05, 3.63) is 64.5 Å². The SMILES string of the molecule is BC(O)(c1c(C)cccc1NCc1cccc(CN2CC(C)OC(C)C2)c1F)N(C=O)C1(O)CCC(=O)NC1=O. The summed E-state index contributed by atoms with van der Waals surface area (Å²) in [6.07, 6.45) is -0.275. The van der Waals surface area contributed by atoms with E-state index in [-0.39, 0.29) is 49.4 Å². The second-order valence-corrected chi connectivity index (χ2v) is 10.9. The predicted molar refractivity (Wildman–Crippen MR) is 148 cm³/mol. The van der Waals surface area contributed by atoms with Gasteiger partial charge in [0.1, 0.15) is 11.4 Å². The summed E-state index contributed by atoms with van der Waals surface area (Å²) in [6.45, 7) is 7.64. The van der Waals surface area contributed by atoms with Crippen molar-refractivity contribution in [1.82, 2.24) is 15.1 Å². The van der Waals surface area contributed by atoms with Gasteiger partial charge in [-0.15, -0.1) is 0 Å². The first-order chi connectivity index (χ1) is 18.9. The quantitative estimate of drug-likeness (QED) is 0.154. The number of anilines is 1. The summed E-state index contributed by atoms with van der Waals surface area (Å²) in [7, 11) is 1.28. The number of benzene rings is 2.